The van der Waals surface area contributed by atoms with E-state index in [0.29, 0.717) is 5.15 Å². The maximum atomic E-state index is 6.14. The smallest absolute Gasteiger partial charge is 0.133 e. The van der Waals surface area contributed by atoms with Crippen molar-refractivity contribution < 1.29 is 0 Å². The van der Waals surface area contributed by atoms with Crippen LogP contribution in [-0.2, 0) is 6.54 Å². The molecule has 104 valence electrons. The SMILES string of the molecule is Clc1ncccc1CN1CCC(N2CCCCC2)C1. The van der Waals surface area contributed by atoms with Gasteiger partial charge >= 0.3 is 0 Å². The zero-order valence-corrected chi connectivity index (χ0v) is 12.1. The molecule has 2 saturated heterocycles. The summed E-state index contributed by atoms with van der Waals surface area (Å²) in [6.45, 7) is 5.91. The second-order valence-electron chi connectivity index (χ2n) is 5.73. The largest absolute Gasteiger partial charge is 0.299 e. The minimum Gasteiger partial charge on any atom is -0.299 e. The minimum atomic E-state index is 0.656. The van der Waals surface area contributed by atoms with E-state index in [-0.39, 0.29) is 0 Å². The molecule has 1 aromatic heterocycles. The van der Waals surface area contributed by atoms with Crippen LogP contribution >= 0.6 is 11.6 Å². The van der Waals surface area contributed by atoms with Crippen molar-refractivity contribution in [1.29, 1.82) is 0 Å². The van der Waals surface area contributed by atoms with Crippen LogP contribution in [0.1, 0.15) is 31.2 Å². The second kappa shape index (κ2) is 6.21. The van der Waals surface area contributed by atoms with Gasteiger partial charge < -0.3 is 0 Å². The Morgan fingerprint density at radius 1 is 1.21 bits per heavy atom. The third-order valence-electron chi connectivity index (χ3n) is 4.38. The Morgan fingerprint density at radius 3 is 2.84 bits per heavy atom. The van der Waals surface area contributed by atoms with Crippen molar-refractivity contribution in [2.45, 2.75) is 38.3 Å². The molecule has 3 rings (SSSR count). The average molecular weight is 280 g/mol. The van der Waals surface area contributed by atoms with Gasteiger partial charge in [0, 0.05) is 37.4 Å². The van der Waals surface area contributed by atoms with Crippen LogP contribution in [0.2, 0.25) is 5.15 Å². The molecular weight excluding hydrogens is 258 g/mol. The van der Waals surface area contributed by atoms with E-state index in [2.05, 4.69) is 20.9 Å². The molecule has 0 radical (unpaired) electrons. The Hall–Kier alpha value is -0.640. The molecule has 2 aliphatic rings. The van der Waals surface area contributed by atoms with Crippen LogP contribution in [0.15, 0.2) is 18.3 Å². The Kier molecular flexibility index (Phi) is 4.36. The minimum absolute atomic E-state index is 0.656. The molecule has 3 heterocycles. The van der Waals surface area contributed by atoms with Crippen LogP contribution in [0, 0.1) is 0 Å². The second-order valence-corrected chi connectivity index (χ2v) is 6.09. The fourth-order valence-corrected chi connectivity index (χ4v) is 3.49. The van der Waals surface area contributed by atoms with Crippen molar-refractivity contribution >= 4 is 11.6 Å². The predicted molar refractivity (Wildman–Crippen MR) is 78.4 cm³/mol. The van der Waals surface area contributed by atoms with E-state index < -0.39 is 0 Å². The maximum Gasteiger partial charge on any atom is 0.133 e. The number of likely N-dealkylation sites (tertiary alicyclic amines) is 2. The first kappa shape index (κ1) is 13.3. The number of rotatable bonds is 3. The van der Waals surface area contributed by atoms with Crippen molar-refractivity contribution in [2.24, 2.45) is 0 Å². The van der Waals surface area contributed by atoms with Crippen molar-refractivity contribution in [2.75, 3.05) is 26.2 Å². The van der Waals surface area contributed by atoms with Crippen LogP contribution in [0.5, 0.6) is 0 Å². The summed E-state index contributed by atoms with van der Waals surface area (Å²) < 4.78 is 0. The van der Waals surface area contributed by atoms with Gasteiger partial charge in [-0.15, -0.1) is 0 Å². The van der Waals surface area contributed by atoms with Gasteiger partial charge in [-0.1, -0.05) is 24.1 Å². The lowest BCUT2D eigenvalue weighted by molar-refractivity contribution is 0.161. The molecule has 0 aliphatic carbocycles. The first-order chi connectivity index (χ1) is 9.33. The summed E-state index contributed by atoms with van der Waals surface area (Å²) in [5.41, 5.74) is 1.16. The van der Waals surface area contributed by atoms with E-state index in [0.717, 1.165) is 18.2 Å². The molecule has 0 amide bonds. The average Bonchev–Trinajstić information content (AvgIpc) is 2.91. The highest BCUT2D eigenvalue weighted by Gasteiger charge is 2.28. The topological polar surface area (TPSA) is 19.4 Å². The van der Waals surface area contributed by atoms with Crippen molar-refractivity contribution in [3.63, 3.8) is 0 Å². The van der Waals surface area contributed by atoms with E-state index in [1.54, 1.807) is 6.20 Å². The fourth-order valence-electron chi connectivity index (χ4n) is 3.32. The Labute approximate surface area is 120 Å². The van der Waals surface area contributed by atoms with Gasteiger partial charge in [-0.3, -0.25) is 9.80 Å². The summed E-state index contributed by atoms with van der Waals surface area (Å²) in [7, 11) is 0. The van der Waals surface area contributed by atoms with Crippen molar-refractivity contribution in [3.05, 3.63) is 29.0 Å². The molecule has 0 aromatic carbocycles. The monoisotopic (exact) mass is 279 g/mol. The normalized spacial score (nSPS) is 25.8. The van der Waals surface area contributed by atoms with E-state index in [9.17, 15) is 0 Å². The summed E-state index contributed by atoms with van der Waals surface area (Å²) in [5, 5.41) is 0.656. The standard InChI is InChI=1S/C15H22ClN3/c16-15-13(5-4-7-17-15)11-18-10-6-14(12-18)19-8-2-1-3-9-19/h4-5,7,14H,1-3,6,8-12H2. The molecule has 0 saturated carbocycles. The molecule has 1 atom stereocenters. The van der Waals surface area contributed by atoms with Crippen molar-refractivity contribution in [3.8, 4) is 0 Å². The molecule has 2 aliphatic heterocycles. The first-order valence-corrected chi connectivity index (χ1v) is 7.76. The third-order valence-corrected chi connectivity index (χ3v) is 4.73. The fraction of sp³-hybridized carbons (Fsp3) is 0.667. The quantitative estimate of drug-likeness (QED) is 0.793. The molecule has 0 N–H and O–H groups in total. The lowest BCUT2D eigenvalue weighted by Crippen LogP contribution is -2.40. The van der Waals surface area contributed by atoms with Crippen LogP contribution in [0.4, 0.5) is 0 Å². The molecular formula is C15H22ClN3. The number of hydrogen-bond donors (Lipinski definition) is 0. The van der Waals surface area contributed by atoms with Gasteiger partial charge in [0.2, 0.25) is 0 Å². The Morgan fingerprint density at radius 2 is 2.05 bits per heavy atom. The van der Waals surface area contributed by atoms with Gasteiger partial charge in [-0.25, -0.2) is 4.98 Å². The Bertz CT molecular complexity index is 418. The number of nitrogens with zero attached hydrogens (tertiary/aromatic N) is 3. The summed E-state index contributed by atoms with van der Waals surface area (Å²) in [5.74, 6) is 0. The van der Waals surface area contributed by atoms with E-state index in [1.807, 2.05) is 6.07 Å². The number of halogens is 1. The summed E-state index contributed by atoms with van der Waals surface area (Å²) >= 11 is 6.14. The van der Waals surface area contributed by atoms with Gasteiger partial charge in [-0.2, -0.15) is 0 Å². The molecule has 3 nitrogen and oxygen atoms in total. The molecule has 1 unspecified atom stereocenters. The van der Waals surface area contributed by atoms with Crippen molar-refractivity contribution in [1.82, 2.24) is 14.8 Å². The number of piperidine rings is 1. The number of hydrogen-bond acceptors (Lipinski definition) is 3. The summed E-state index contributed by atoms with van der Waals surface area (Å²) in [6.07, 6.45) is 7.23. The lowest BCUT2D eigenvalue weighted by Gasteiger charge is -2.32. The van der Waals surface area contributed by atoms with Gasteiger partial charge in [0.1, 0.15) is 5.15 Å². The van der Waals surface area contributed by atoms with Crippen LogP contribution in [0.3, 0.4) is 0 Å². The first-order valence-electron chi connectivity index (χ1n) is 7.39. The van der Waals surface area contributed by atoms with Crippen LogP contribution in [0.25, 0.3) is 0 Å². The maximum absolute atomic E-state index is 6.14. The van der Waals surface area contributed by atoms with Crippen LogP contribution < -0.4 is 0 Å². The third kappa shape index (κ3) is 3.28. The highest BCUT2D eigenvalue weighted by atomic mass is 35.5. The van der Waals surface area contributed by atoms with E-state index in [4.69, 9.17) is 11.6 Å². The van der Waals surface area contributed by atoms with Gasteiger partial charge in [0.15, 0.2) is 0 Å². The molecule has 0 spiro atoms. The number of pyridine rings is 1. The summed E-state index contributed by atoms with van der Waals surface area (Å²) in [6, 6.07) is 4.82. The highest BCUT2D eigenvalue weighted by Crippen LogP contribution is 2.23. The lowest BCUT2D eigenvalue weighted by atomic mass is 10.1. The molecule has 4 heteroatoms. The summed E-state index contributed by atoms with van der Waals surface area (Å²) in [4.78, 5) is 9.36. The van der Waals surface area contributed by atoms with Gasteiger partial charge in [0.05, 0.1) is 0 Å². The zero-order chi connectivity index (χ0) is 13.1. The molecule has 0 bridgehead atoms. The highest BCUT2D eigenvalue weighted by molar-refractivity contribution is 6.30. The van der Waals surface area contributed by atoms with Gasteiger partial charge in [-0.05, 0) is 38.4 Å². The Balaban J connectivity index is 1.55. The van der Waals surface area contributed by atoms with Crippen LogP contribution in [-0.4, -0.2) is 47.0 Å². The number of aromatic nitrogens is 1. The van der Waals surface area contributed by atoms with E-state index in [1.165, 1.54) is 51.9 Å². The molecule has 19 heavy (non-hydrogen) atoms. The zero-order valence-electron chi connectivity index (χ0n) is 11.4. The van der Waals surface area contributed by atoms with E-state index >= 15 is 0 Å². The molecule has 1 aromatic rings. The predicted octanol–water partition coefficient (Wildman–Crippen LogP) is 2.80. The van der Waals surface area contributed by atoms with Gasteiger partial charge in [0.25, 0.3) is 0 Å². The molecule has 2 fully saturated rings.